The van der Waals surface area contributed by atoms with Gasteiger partial charge in [-0.3, -0.25) is 0 Å². The summed E-state index contributed by atoms with van der Waals surface area (Å²) in [6.45, 7) is 0. The van der Waals surface area contributed by atoms with Gasteiger partial charge in [-0.2, -0.15) is 18.4 Å². The second kappa shape index (κ2) is 5.43. The summed E-state index contributed by atoms with van der Waals surface area (Å²) < 4.78 is 43.3. The molecule has 0 bridgehead atoms. The lowest BCUT2D eigenvalue weighted by molar-refractivity contribution is -0.137. The molecule has 0 N–H and O–H groups in total. The molecular weight excluding hydrogens is 291 g/mol. The monoisotopic (exact) mass is 297 g/mol. The third-order valence-corrected chi connectivity index (χ3v) is 2.69. The number of alkyl halides is 3. The third kappa shape index (κ3) is 3.22. The topological polar surface area (TPSA) is 33.0 Å². The SMILES string of the molecule is N#Cc1ccc(C(F)(F)F)cc1Oc1cccc(Cl)c1. The van der Waals surface area contributed by atoms with E-state index in [1.807, 2.05) is 0 Å². The van der Waals surface area contributed by atoms with E-state index in [0.29, 0.717) is 5.02 Å². The molecule has 0 aliphatic heterocycles. The number of hydrogen-bond donors (Lipinski definition) is 0. The maximum Gasteiger partial charge on any atom is 0.416 e. The van der Waals surface area contributed by atoms with E-state index in [1.54, 1.807) is 18.2 Å². The minimum atomic E-state index is -4.50. The van der Waals surface area contributed by atoms with Gasteiger partial charge in [-0.25, -0.2) is 0 Å². The van der Waals surface area contributed by atoms with E-state index < -0.39 is 11.7 Å². The Balaban J connectivity index is 2.42. The normalized spacial score (nSPS) is 10.9. The van der Waals surface area contributed by atoms with Crippen LogP contribution in [0.4, 0.5) is 13.2 Å². The molecule has 2 aromatic rings. The van der Waals surface area contributed by atoms with E-state index in [4.69, 9.17) is 21.6 Å². The van der Waals surface area contributed by atoms with Crippen molar-refractivity contribution in [1.29, 1.82) is 5.26 Å². The Labute approximate surface area is 118 Å². The van der Waals surface area contributed by atoms with Crippen molar-refractivity contribution in [2.75, 3.05) is 0 Å². The van der Waals surface area contributed by atoms with E-state index in [9.17, 15) is 13.2 Å². The molecule has 6 heteroatoms. The van der Waals surface area contributed by atoms with Crippen molar-refractivity contribution in [3.63, 3.8) is 0 Å². The van der Waals surface area contributed by atoms with Crippen molar-refractivity contribution in [3.05, 3.63) is 58.6 Å². The summed E-state index contributed by atoms with van der Waals surface area (Å²) in [7, 11) is 0. The number of nitrogens with zero attached hydrogens (tertiary/aromatic N) is 1. The van der Waals surface area contributed by atoms with Gasteiger partial charge in [0.15, 0.2) is 0 Å². The van der Waals surface area contributed by atoms with Gasteiger partial charge in [0.2, 0.25) is 0 Å². The standard InChI is InChI=1S/C14H7ClF3NO/c15-11-2-1-3-12(7-11)20-13-6-10(14(16,17)18)5-4-9(13)8-19/h1-7H. The largest absolute Gasteiger partial charge is 0.456 e. The van der Waals surface area contributed by atoms with E-state index in [2.05, 4.69) is 0 Å². The summed E-state index contributed by atoms with van der Waals surface area (Å²) in [4.78, 5) is 0. The van der Waals surface area contributed by atoms with E-state index in [0.717, 1.165) is 18.2 Å². The fourth-order valence-electron chi connectivity index (χ4n) is 1.53. The summed E-state index contributed by atoms with van der Waals surface area (Å²) in [5.74, 6) is 0.0953. The highest BCUT2D eigenvalue weighted by atomic mass is 35.5. The van der Waals surface area contributed by atoms with Crippen LogP contribution in [0.1, 0.15) is 11.1 Å². The average molecular weight is 298 g/mol. The molecule has 0 heterocycles. The molecule has 2 aromatic carbocycles. The molecule has 2 rings (SSSR count). The Morgan fingerprint density at radius 3 is 2.45 bits per heavy atom. The van der Waals surface area contributed by atoms with Crippen LogP contribution in [0.15, 0.2) is 42.5 Å². The molecule has 2 nitrogen and oxygen atoms in total. The zero-order valence-corrected chi connectivity index (χ0v) is 10.7. The molecule has 0 aliphatic rings. The first-order chi connectivity index (χ1) is 9.40. The van der Waals surface area contributed by atoms with Gasteiger partial charge in [-0.15, -0.1) is 0 Å². The van der Waals surface area contributed by atoms with Crippen molar-refractivity contribution >= 4 is 11.6 Å². The molecule has 0 aliphatic carbocycles. The number of nitriles is 1. The Kier molecular flexibility index (Phi) is 3.86. The number of ether oxygens (including phenoxy) is 1. The Hall–Kier alpha value is -2.19. The highest BCUT2D eigenvalue weighted by Crippen LogP contribution is 2.35. The lowest BCUT2D eigenvalue weighted by Gasteiger charge is -2.11. The Bertz CT molecular complexity index is 677. The minimum Gasteiger partial charge on any atom is -0.456 e. The summed E-state index contributed by atoms with van der Waals surface area (Å²) in [6, 6.07) is 10.7. The third-order valence-electron chi connectivity index (χ3n) is 2.45. The van der Waals surface area contributed by atoms with Crippen LogP contribution < -0.4 is 4.74 Å². The number of benzene rings is 2. The van der Waals surface area contributed by atoms with Crippen LogP contribution in [-0.2, 0) is 6.18 Å². The lowest BCUT2D eigenvalue weighted by Crippen LogP contribution is -2.05. The highest BCUT2D eigenvalue weighted by molar-refractivity contribution is 6.30. The van der Waals surface area contributed by atoms with Gasteiger partial charge < -0.3 is 4.74 Å². The Morgan fingerprint density at radius 2 is 1.85 bits per heavy atom. The van der Waals surface area contributed by atoms with E-state index >= 15 is 0 Å². The molecule has 0 aromatic heterocycles. The van der Waals surface area contributed by atoms with Crippen LogP contribution >= 0.6 is 11.6 Å². The molecule has 0 amide bonds. The van der Waals surface area contributed by atoms with Crippen LogP contribution in [0.2, 0.25) is 5.02 Å². The van der Waals surface area contributed by atoms with Gasteiger partial charge in [0, 0.05) is 5.02 Å². The first-order valence-electron chi connectivity index (χ1n) is 5.45. The smallest absolute Gasteiger partial charge is 0.416 e. The predicted molar refractivity (Wildman–Crippen MR) is 67.7 cm³/mol. The fraction of sp³-hybridized carbons (Fsp3) is 0.0714. The first kappa shape index (κ1) is 14.2. The summed E-state index contributed by atoms with van der Waals surface area (Å²) in [6.07, 6.45) is -4.50. The average Bonchev–Trinajstić information content (AvgIpc) is 2.37. The van der Waals surface area contributed by atoms with Crippen molar-refractivity contribution in [1.82, 2.24) is 0 Å². The number of rotatable bonds is 2. The number of halogens is 4. The maximum atomic E-state index is 12.6. The molecule has 0 atom stereocenters. The summed E-state index contributed by atoms with van der Waals surface area (Å²) >= 11 is 5.76. The molecule has 0 saturated carbocycles. The van der Waals surface area contributed by atoms with Gasteiger partial charge in [0.05, 0.1) is 11.1 Å². The minimum absolute atomic E-state index is 0.0120. The molecule has 0 unspecified atom stereocenters. The van der Waals surface area contributed by atoms with Gasteiger partial charge in [-0.1, -0.05) is 17.7 Å². The molecule has 20 heavy (non-hydrogen) atoms. The molecular formula is C14H7ClF3NO. The van der Waals surface area contributed by atoms with Crippen LogP contribution in [0.25, 0.3) is 0 Å². The second-order valence-electron chi connectivity index (χ2n) is 3.88. The van der Waals surface area contributed by atoms with E-state index in [1.165, 1.54) is 12.1 Å². The van der Waals surface area contributed by atoms with Gasteiger partial charge in [0.1, 0.15) is 17.6 Å². The van der Waals surface area contributed by atoms with Crippen LogP contribution in [0.5, 0.6) is 11.5 Å². The highest BCUT2D eigenvalue weighted by Gasteiger charge is 2.31. The zero-order valence-electron chi connectivity index (χ0n) is 9.91. The molecule has 102 valence electrons. The van der Waals surface area contributed by atoms with E-state index in [-0.39, 0.29) is 17.1 Å². The summed E-state index contributed by atoms with van der Waals surface area (Å²) in [5.41, 5.74) is -0.869. The van der Waals surface area contributed by atoms with Crippen molar-refractivity contribution in [3.8, 4) is 17.6 Å². The second-order valence-corrected chi connectivity index (χ2v) is 4.32. The van der Waals surface area contributed by atoms with Crippen molar-refractivity contribution < 1.29 is 17.9 Å². The molecule has 0 saturated heterocycles. The lowest BCUT2D eigenvalue weighted by atomic mass is 10.1. The van der Waals surface area contributed by atoms with Gasteiger partial charge in [0.25, 0.3) is 0 Å². The summed E-state index contributed by atoms with van der Waals surface area (Å²) in [5, 5.41) is 9.29. The molecule has 0 spiro atoms. The maximum absolute atomic E-state index is 12.6. The van der Waals surface area contributed by atoms with Crippen molar-refractivity contribution in [2.24, 2.45) is 0 Å². The van der Waals surface area contributed by atoms with Gasteiger partial charge in [-0.05, 0) is 36.4 Å². The quantitative estimate of drug-likeness (QED) is 0.779. The van der Waals surface area contributed by atoms with Crippen molar-refractivity contribution in [2.45, 2.75) is 6.18 Å². The Morgan fingerprint density at radius 1 is 1.10 bits per heavy atom. The first-order valence-corrected chi connectivity index (χ1v) is 5.83. The molecule has 0 fully saturated rings. The zero-order chi connectivity index (χ0) is 14.8. The van der Waals surface area contributed by atoms with Crippen LogP contribution in [0.3, 0.4) is 0 Å². The number of hydrogen-bond acceptors (Lipinski definition) is 2. The fourth-order valence-corrected chi connectivity index (χ4v) is 1.71. The van der Waals surface area contributed by atoms with Crippen LogP contribution in [-0.4, -0.2) is 0 Å². The van der Waals surface area contributed by atoms with Gasteiger partial charge >= 0.3 is 6.18 Å². The van der Waals surface area contributed by atoms with Crippen LogP contribution in [0, 0.1) is 11.3 Å². The predicted octanol–water partition coefficient (Wildman–Crippen LogP) is 5.02. The molecule has 0 radical (unpaired) electrons.